The van der Waals surface area contributed by atoms with Crippen molar-refractivity contribution in [3.05, 3.63) is 60.2 Å². The summed E-state index contributed by atoms with van der Waals surface area (Å²) >= 11 is 0. The summed E-state index contributed by atoms with van der Waals surface area (Å²) in [5, 5.41) is 0. The fourth-order valence-corrected chi connectivity index (χ4v) is 1.62. The van der Waals surface area contributed by atoms with E-state index < -0.39 is 0 Å². The fraction of sp³-hybridized carbons (Fsp3) is 0.188. The van der Waals surface area contributed by atoms with Gasteiger partial charge >= 0.3 is 0 Å². The SMILES string of the molecule is CC(COc1ccc(C=O)cc1)Oc1ccccc1. The molecule has 19 heavy (non-hydrogen) atoms. The molecular weight excluding hydrogens is 240 g/mol. The van der Waals surface area contributed by atoms with E-state index in [0.717, 1.165) is 17.8 Å². The Hall–Kier alpha value is -2.29. The molecule has 0 aliphatic carbocycles. The second kappa shape index (κ2) is 6.59. The molecule has 2 rings (SSSR count). The van der Waals surface area contributed by atoms with Gasteiger partial charge in [0.2, 0.25) is 0 Å². The Labute approximate surface area is 112 Å². The highest BCUT2D eigenvalue weighted by atomic mass is 16.5. The van der Waals surface area contributed by atoms with Crippen LogP contribution in [0.1, 0.15) is 17.3 Å². The largest absolute Gasteiger partial charge is 0.490 e. The fourth-order valence-electron chi connectivity index (χ4n) is 1.62. The monoisotopic (exact) mass is 256 g/mol. The highest BCUT2D eigenvalue weighted by Crippen LogP contribution is 2.14. The number of ether oxygens (including phenoxy) is 2. The maximum atomic E-state index is 10.5. The minimum Gasteiger partial charge on any atom is -0.490 e. The van der Waals surface area contributed by atoms with Crippen molar-refractivity contribution >= 4 is 6.29 Å². The number of para-hydroxylation sites is 1. The number of hydrogen-bond donors (Lipinski definition) is 0. The molecule has 0 N–H and O–H groups in total. The second-order valence-electron chi connectivity index (χ2n) is 4.24. The molecule has 2 aromatic carbocycles. The molecule has 0 fully saturated rings. The molecule has 2 aromatic rings. The number of carbonyl (C=O) groups is 1. The van der Waals surface area contributed by atoms with Crippen LogP contribution < -0.4 is 9.47 Å². The average molecular weight is 256 g/mol. The molecule has 3 heteroatoms. The van der Waals surface area contributed by atoms with Crippen LogP contribution in [0.25, 0.3) is 0 Å². The topological polar surface area (TPSA) is 35.5 Å². The number of hydrogen-bond acceptors (Lipinski definition) is 3. The van der Waals surface area contributed by atoms with Crippen molar-refractivity contribution in [2.75, 3.05) is 6.61 Å². The van der Waals surface area contributed by atoms with E-state index in [4.69, 9.17) is 9.47 Å². The summed E-state index contributed by atoms with van der Waals surface area (Å²) in [4.78, 5) is 10.5. The molecule has 0 heterocycles. The number of carbonyl (C=O) groups excluding carboxylic acids is 1. The van der Waals surface area contributed by atoms with Gasteiger partial charge in [0, 0.05) is 5.56 Å². The molecule has 0 saturated carbocycles. The Morgan fingerprint density at radius 2 is 1.68 bits per heavy atom. The average Bonchev–Trinajstić information content (AvgIpc) is 2.47. The Morgan fingerprint density at radius 1 is 1.00 bits per heavy atom. The quantitative estimate of drug-likeness (QED) is 0.743. The first kappa shape index (κ1) is 13.1. The van der Waals surface area contributed by atoms with Gasteiger partial charge in [-0.15, -0.1) is 0 Å². The molecule has 0 radical (unpaired) electrons. The van der Waals surface area contributed by atoms with Crippen LogP contribution in [0.2, 0.25) is 0 Å². The molecule has 0 amide bonds. The summed E-state index contributed by atoms with van der Waals surface area (Å²) in [7, 11) is 0. The molecule has 0 aliphatic heterocycles. The van der Waals surface area contributed by atoms with E-state index in [0.29, 0.717) is 12.2 Å². The van der Waals surface area contributed by atoms with E-state index in [1.165, 1.54) is 0 Å². The van der Waals surface area contributed by atoms with Gasteiger partial charge in [-0.2, -0.15) is 0 Å². The maximum absolute atomic E-state index is 10.5. The Balaban J connectivity index is 1.82. The standard InChI is InChI=1S/C16H16O3/c1-13(19-16-5-3-2-4-6-16)12-18-15-9-7-14(11-17)8-10-15/h2-11,13H,12H2,1H3. The van der Waals surface area contributed by atoms with Gasteiger partial charge in [-0.3, -0.25) is 4.79 Å². The van der Waals surface area contributed by atoms with Crippen LogP contribution in [-0.2, 0) is 0 Å². The van der Waals surface area contributed by atoms with Gasteiger partial charge in [-0.1, -0.05) is 18.2 Å². The zero-order valence-corrected chi connectivity index (χ0v) is 10.8. The molecule has 1 atom stereocenters. The van der Waals surface area contributed by atoms with E-state index >= 15 is 0 Å². The first-order chi connectivity index (χ1) is 9.28. The van der Waals surface area contributed by atoms with E-state index in [9.17, 15) is 4.79 Å². The smallest absolute Gasteiger partial charge is 0.150 e. The van der Waals surface area contributed by atoms with Crippen LogP contribution in [0.5, 0.6) is 11.5 Å². The van der Waals surface area contributed by atoms with Gasteiger partial charge in [0.05, 0.1) is 0 Å². The van der Waals surface area contributed by atoms with Gasteiger partial charge in [0.1, 0.15) is 30.5 Å². The first-order valence-corrected chi connectivity index (χ1v) is 6.17. The summed E-state index contributed by atoms with van der Waals surface area (Å²) in [6.45, 7) is 2.40. The third-order valence-corrected chi connectivity index (χ3v) is 2.58. The minimum absolute atomic E-state index is 0.0480. The second-order valence-corrected chi connectivity index (χ2v) is 4.24. The third kappa shape index (κ3) is 4.14. The molecule has 0 aliphatic rings. The van der Waals surface area contributed by atoms with Crippen molar-refractivity contribution in [3.63, 3.8) is 0 Å². The van der Waals surface area contributed by atoms with E-state index in [2.05, 4.69) is 0 Å². The lowest BCUT2D eigenvalue weighted by Crippen LogP contribution is -2.20. The van der Waals surface area contributed by atoms with Crippen LogP contribution in [-0.4, -0.2) is 19.0 Å². The van der Waals surface area contributed by atoms with Crippen molar-refractivity contribution in [3.8, 4) is 11.5 Å². The third-order valence-electron chi connectivity index (χ3n) is 2.58. The summed E-state index contributed by atoms with van der Waals surface area (Å²) in [6.07, 6.45) is 0.762. The highest BCUT2D eigenvalue weighted by Gasteiger charge is 2.05. The summed E-state index contributed by atoms with van der Waals surface area (Å²) < 4.78 is 11.3. The lowest BCUT2D eigenvalue weighted by molar-refractivity contribution is 0.112. The molecule has 0 bridgehead atoms. The molecule has 0 aromatic heterocycles. The predicted octanol–water partition coefficient (Wildman–Crippen LogP) is 3.35. The van der Waals surface area contributed by atoms with Crippen molar-refractivity contribution in [1.82, 2.24) is 0 Å². The minimum atomic E-state index is -0.0480. The van der Waals surface area contributed by atoms with Gasteiger partial charge in [0.25, 0.3) is 0 Å². The number of benzene rings is 2. The number of rotatable bonds is 6. The van der Waals surface area contributed by atoms with Crippen LogP contribution in [0, 0.1) is 0 Å². The van der Waals surface area contributed by atoms with Crippen molar-refractivity contribution in [1.29, 1.82) is 0 Å². The molecule has 1 unspecified atom stereocenters. The van der Waals surface area contributed by atoms with Crippen LogP contribution in [0.3, 0.4) is 0 Å². The van der Waals surface area contributed by atoms with E-state index in [-0.39, 0.29) is 6.10 Å². The normalized spacial score (nSPS) is 11.6. The molecule has 98 valence electrons. The van der Waals surface area contributed by atoms with Crippen molar-refractivity contribution < 1.29 is 14.3 Å². The van der Waals surface area contributed by atoms with Gasteiger partial charge in [-0.25, -0.2) is 0 Å². The van der Waals surface area contributed by atoms with Crippen molar-refractivity contribution in [2.24, 2.45) is 0 Å². The predicted molar refractivity (Wildman–Crippen MR) is 73.9 cm³/mol. The van der Waals surface area contributed by atoms with Gasteiger partial charge < -0.3 is 9.47 Å². The maximum Gasteiger partial charge on any atom is 0.150 e. The molecular formula is C16H16O3. The van der Waals surface area contributed by atoms with Crippen molar-refractivity contribution in [2.45, 2.75) is 13.0 Å². The lowest BCUT2D eigenvalue weighted by Gasteiger charge is -2.15. The lowest BCUT2D eigenvalue weighted by atomic mass is 10.2. The zero-order chi connectivity index (χ0) is 13.5. The Morgan fingerprint density at radius 3 is 2.32 bits per heavy atom. The van der Waals surface area contributed by atoms with Gasteiger partial charge in [0.15, 0.2) is 0 Å². The summed E-state index contributed by atoms with van der Waals surface area (Å²) in [6, 6.07) is 16.6. The Kier molecular flexibility index (Phi) is 4.56. The van der Waals surface area contributed by atoms with Gasteiger partial charge in [-0.05, 0) is 43.3 Å². The molecule has 3 nitrogen and oxygen atoms in total. The Bertz CT molecular complexity index is 505. The first-order valence-electron chi connectivity index (χ1n) is 6.17. The zero-order valence-electron chi connectivity index (χ0n) is 10.8. The summed E-state index contributed by atoms with van der Waals surface area (Å²) in [5.41, 5.74) is 0.640. The van der Waals surface area contributed by atoms with E-state index in [1.54, 1.807) is 24.3 Å². The number of aldehydes is 1. The molecule has 0 spiro atoms. The molecule has 0 saturated heterocycles. The van der Waals surface area contributed by atoms with Crippen LogP contribution in [0.15, 0.2) is 54.6 Å². The summed E-state index contributed by atoms with van der Waals surface area (Å²) in [5.74, 6) is 1.56. The van der Waals surface area contributed by atoms with E-state index in [1.807, 2.05) is 37.3 Å². The van der Waals surface area contributed by atoms with Crippen LogP contribution >= 0.6 is 0 Å². The van der Waals surface area contributed by atoms with Crippen LogP contribution in [0.4, 0.5) is 0 Å². The highest BCUT2D eigenvalue weighted by molar-refractivity contribution is 5.74.